The van der Waals surface area contributed by atoms with Crippen molar-refractivity contribution in [3.63, 3.8) is 0 Å². The molecule has 2 aromatic rings. The molecule has 3 rings (SSSR count). The summed E-state index contributed by atoms with van der Waals surface area (Å²) in [5.74, 6) is 0.811. The van der Waals surface area contributed by atoms with E-state index in [2.05, 4.69) is 21.2 Å². The Bertz CT molecular complexity index is 921. The minimum Gasteiger partial charge on any atom is -0.496 e. The summed E-state index contributed by atoms with van der Waals surface area (Å²) in [6, 6.07) is 10.5. The van der Waals surface area contributed by atoms with E-state index in [4.69, 9.17) is 9.47 Å². The second-order valence-corrected chi connectivity index (χ2v) is 8.45. The van der Waals surface area contributed by atoms with Gasteiger partial charge >= 0.3 is 0 Å². The smallest absolute Gasteiger partial charge is 0.259 e. The number of rotatable bonds is 3. The van der Waals surface area contributed by atoms with Crippen LogP contribution in [0.25, 0.3) is 0 Å². The van der Waals surface area contributed by atoms with E-state index in [1.54, 1.807) is 41.3 Å². The molecule has 148 valence electrons. The average molecular weight is 447 g/mol. The second-order valence-electron chi connectivity index (χ2n) is 7.54. The lowest BCUT2D eigenvalue weighted by molar-refractivity contribution is -0.126. The first-order valence-electron chi connectivity index (χ1n) is 8.94. The van der Waals surface area contributed by atoms with Crippen LogP contribution >= 0.6 is 15.9 Å². The number of fused-ring (bicyclic) bond motifs is 1. The zero-order valence-electron chi connectivity index (χ0n) is 16.3. The zero-order chi connectivity index (χ0) is 20.5. The third-order valence-electron chi connectivity index (χ3n) is 4.38. The number of halogens is 1. The molecule has 28 heavy (non-hydrogen) atoms. The molecule has 0 spiro atoms. The number of methoxy groups -OCH3 is 1. The van der Waals surface area contributed by atoms with Gasteiger partial charge in [-0.05, 0) is 36.4 Å². The Hall–Kier alpha value is -2.54. The first kappa shape index (κ1) is 20.2. The van der Waals surface area contributed by atoms with Gasteiger partial charge in [-0.2, -0.15) is 0 Å². The van der Waals surface area contributed by atoms with E-state index < -0.39 is 5.41 Å². The van der Waals surface area contributed by atoms with Gasteiger partial charge in [-0.25, -0.2) is 0 Å². The van der Waals surface area contributed by atoms with Crippen molar-refractivity contribution in [1.29, 1.82) is 0 Å². The summed E-state index contributed by atoms with van der Waals surface area (Å²) < 4.78 is 11.8. The van der Waals surface area contributed by atoms with Crippen LogP contribution in [-0.2, 0) is 4.79 Å². The van der Waals surface area contributed by atoms with Crippen LogP contribution in [0.4, 0.5) is 11.4 Å². The molecule has 0 aliphatic carbocycles. The van der Waals surface area contributed by atoms with Crippen molar-refractivity contribution >= 4 is 39.1 Å². The number of nitrogens with zero attached hydrogens (tertiary/aromatic N) is 1. The summed E-state index contributed by atoms with van der Waals surface area (Å²) in [5, 5.41) is 2.87. The van der Waals surface area contributed by atoms with Gasteiger partial charge in [0.15, 0.2) is 0 Å². The standard InChI is InChI=1S/C21H23BrN2O4/c1-21(2,3)20(26)24-9-10-28-17-8-6-14(12-16(17)24)23-19(25)15-7-5-13(22)11-18(15)27-4/h5-8,11-12H,9-10H2,1-4H3,(H,23,25). The zero-order valence-corrected chi connectivity index (χ0v) is 17.9. The predicted molar refractivity (Wildman–Crippen MR) is 112 cm³/mol. The lowest BCUT2D eigenvalue weighted by atomic mass is 9.94. The Balaban J connectivity index is 1.89. The lowest BCUT2D eigenvalue weighted by Crippen LogP contribution is -2.44. The van der Waals surface area contributed by atoms with Gasteiger partial charge in [0.25, 0.3) is 5.91 Å². The number of hydrogen-bond acceptors (Lipinski definition) is 4. The Kier molecular flexibility index (Phi) is 5.65. The normalized spacial score (nSPS) is 13.4. The van der Waals surface area contributed by atoms with Crippen molar-refractivity contribution in [3.05, 3.63) is 46.4 Å². The fourth-order valence-electron chi connectivity index (χ4n) is 2.96. The third kappa shape index (κ3) is 4.14. The molecule has 2 amide bonds. The molecular formula is C21H23BrN2O4. The van der Waals surface area contributed by atoms with Gasteiger partial charge in [0, 0.05) is 15.6 Å². The van der Waals surface area contributed by atoms with Gasteiger partial charge in [-0.15, -0.1) is 0 Å². The number of carbonyl (C=O) groups is 2. The summed E-state index contributed by atoms with van der Waals surface area (Å²) >= 11 is 3.37. The molecule has 1 aliphatic rings. The molecule has 0 saturated carbocycles. The lowest BCUT2D eigenvalue weighted by Gasteiger charge is -2.34. The van der Waals surface area contributed by atoms with E-state index in [1.807, 2.05) is 20.8 Å². The van der Waals surface area contributed by atoms with Crippen molar-refractivity contribution in [2.75, 3.05) is 30.5 Å². The van der Waals surface area contributed by atoms with E-state index in [-0.39, 0.29) is 11.8 Å². The average Bonchev–Trinajstić information content (AvgIpc) is 2.65. The second kappa shape index (κ2) is 7.83. The molecule has 0 atom stereocenters. The highest BCUT2D eigenvalue weighted by Crippen LogP contribution is 2.36. The van der Waals surface area contributed by atoms with Gasteiger partial charge in [-0.1, -0.05) is 36.7 Å². The predicted octanol–water partition coefficient (Wildman–Crippen LogP) is 4.48. The summed E-state index contributed by atoms with van der Waals surface area (Å²) in [5.41, 5.74) is 1.14. The highest BCUT2D eigenvalue weighted by molar-refractivity contribution is 9.10. The molecule has 0 bridgehead atoms. The van der Waals surface area contributed by atoms with Crippen LogP contribution in [0.5, 0.6) is 11.5 Å². The third-order valence-corrected chi connectivity index (χ3v) is 4.87. The number of ether oxygens (including phenoxy) is 2. The largest absolute Gasteiger partial charge is 0.496 e. The van der Waals surface area contributed by atoms with Crippen LogP contribution in [0.2, 0.25) is 0 Å². The van der Waals surface area contributed by atoms with E-state index in [0.29, 0.717) is 41.6 Å². The van der Waals surface area contributed by atoms with Crippen LogP contribution < -0.4 is 19.7 Å². The van der Waals surface area contributed by atoms with Gasteiger partial charge in [0.05, 0.1) is 24.9 Å². The van der Waals surface area contributed by atoms with Crippen LogP contribution in [0.3, 0.4) is 0 Å². The van der Waals surface area contributed by atoms with E-state index >= 15 is 0 Å². The molecule has 0 radical (unpaired) electrons. The van der Waals surface area contributed by atoms with Crippen LogP contribution in [0.1, 0.15) is 31.1 Å². The first-order chi connectivity index (χ1) is 13.2. The van der Waals surface area contributed by atoms with Crippen molar-refractivity contribution in [1.82, 2.24) is 0 Å². The molecule has 0 fully saturated rings. The molecule has 2 aromatic carbocycles. The molecule has 6 nitrogen and oxygen atoms in total. The number of benzene rings is 2. The number of anilines is 2. The maximum absolute atomic E-state index is 12.8. The first-order valence-corrected chi connectivity index (χ1v) is 9.73. The maximum atomic E-state index is 12.8. The molecular weight excluding hydrogens is 424 g/mol. The highest BCUT2D eigenvalue weighted by Gasteiger charge is 2.32. The summed E-state index contributed by atoms with van der Waals surface area (Å²) in [6.45, 7) is 6.57. The minimum atomic E-state index is -0.515. The molecule has 0 unspecified atom stereocenters. The SMILES string of the molecule is COc1cc(Br)ccc1C(=O)Nc1ccc2c(c1)N(C(=O)C(C)(C)C)CCO2. The fourth-order valence-corrected chi connectivity index (χ4v) is 3.30. The Morgan fingerprint density at radius 3 is 2.61 bits per heavy atom. The van der Waals surface area contributed by atoms with Crippen LogP contribution in [-0.4, -0.2) is 32.1 Å². The monoisotopic (exact) mass is 446 g/mol. The highest BCUT2D eigenvalue weighted by atomic mass is 79.9. The van der Waals surface area contributed by atoms with E-state index in [1.165, 1.54) is 7.11 Å². The van der Waals surface area contributed by atoms with E-state index in [0.717, 1.165) is 4.47 Å². The van der Waals surface area contributed by atoms with Crippen molar-refractivity contribution in [3.8, 4) is 11.5 Å². The van der Waals surface area contributed by atoms with Crippen molar-refractivity contribution in [2.24, 2.45) is 5.41 Å². The molecule has 0 aromatic heterocycles. The van der Waals surface area contributed by atoms with Crippen molar-refractivity contribution < 1.29 is 19.1 Å². The van der Waals surface area contributed by atoms with Gasteiger partial charge < -0.3 is 19.7 Å². The Morgan fingerprint density at radius 2 is 1.93 bits per heavy atom. The Morgan fingerprint density at radius 1 is 1.18 bits per heavy atom. The topological polar surface area (TPSA) is 67.9 Å². The molecule has 7 heteroatoms. The van der Waals surface area contributed by atoms with E-state index in [9.17, 15) is 9.59 Å². The molecule has 1 heterocycles. The summed E-state index contributed by atoms with van der Waals surface area (Å²) in [4.78, 5) is 27.3. The molecule has 1 aliphatic heterocycles. The van der Waals surface area contributed by atoms with Crippen LogP contribution in [0, 0.1) is 5.41 Å². The molecule has 1 N–H and O–H groups in total. The number of nitrogens with one attached hydrogen (secondary N) is 1. The molecule has 0 saturated heterocycles. The van der Waals surface area contributed by atoms with Crippen molar-refractivity contribution in [2.45, 2.75) is 20.8 Å². The fraction of sp³-hybridized carbons (Fsp3) is 0.333. The minimum absolute atomic E-state index is 0.00936. The summed E-state index contributed by atoms with van der Waals surface area (Å²) in [7, 11) is 1.52. The van der Waals surface area contributed by atoms with Gasteiger partial charge in [0.1, 0.15) is 18.1 Å². The number of amides is 2. The van der Waals surface area contributed by atoms with Gasteiger partial charge in [0.2, 0.25) is 5.91 Å². The Labute approximate surface area is 172 Å². The summed E-state index contributed by atoms with van der Waals surface area (Å²) in [6.07, 6.45) is 0. The quantitative estimate of drug-likeness (QED) is 0.754. The van der Waals surface area contributed by atoms with Crippen LogP contribution in [0.15, 0.2) is 40.9 Å². The van der Waals surface area contributed by atoms with Gasteiger partial charge in [-0.3, -0.25) is 9.59 Å². The maximum Gasteiger partial charge on any atom is 0.259 e. The number of carbonyl (C=O) groups excluding carboxylic acids is 2. The number of hydrogen-bond donors (Lipinski definition) is 1.